The minimum absolute atomic E-state index is 0.608. The van der Waals surface area contributed by atoms with E-state index in [0.29, 0.717) is 6.04 Å². The average Bonchev–Trinajstić information content (AvgIpc) is 2.43. The van der Waals surface area contributed by atoms with Gasteiger partial charge in [-0.2, -0.15) is 0 Å². The topological polar surface area (TPSA) is 3.24 Å². The van der Waals surface area contributed by atoms with Crippen molar-refractivity contribution in [3.8, 4) is 0 Å². The van der Waals surface area contributed by atoms with Crippen LogP contribution in [0.3, 0.4) is 0 Å². The van der Waals surface area contributed by atoms with Gasteiger partial charge in [0, 0.05) is 12.2 Å². The molecule has 0 saturated heterocycles. The smallest absolute Gasteiger partial charge is 0.0543 e. The maximum Gasteiger partial charge on any atom is 0.0543 e. The Kier molecular flexibility index (Phi) is 3.22. The van der Waals surface area contributed by atoms with Gasteiger partial charge < -0.3 is 4.90 Å². The van der Waals surface area contributed by atoms with E-state index in [1.807, 2.05) is 0 Å². The van der Waals surface area contributed by atoms with Crippen LogP contribution in [0.25, 0.3) is 0 Å². The quantitative estimate of drug-likeness (QED) is 0.767. The minimum Gasteiger partial charge on any atom is -0.364 e. The van der Waals surface area contributed by atoms with Gasteiger partial charge in [-0.1, -0.05) is 49.8 Å². The Morgan fingerprint density at radius 3 is 3.06 bits per heavy atom. The van der Waals surface area contributed by atoms with Gasteiger partial charge in [0.25, 0.3) is 0 Å². The van der Waals surface area contributed by atoms with Gasteiger partial charge in [-0.25, -0.2) is 0 Å². The summed E-state index contributed by atoms with van der Waals surface area (Å²) in [6.45, 7) is 3.46. The molecule has 2 aliphatic rings. The number of benzene rings is 1. The van der Waals surface area contributed by atoms with Crippen molar-refractivity contribution in [1.82, 2.24) is 0 Å². The highest BCUT2D eigenvalue weighted by Gasteiger charge is 2.29. The van der Waals surface area contributed by atoms with Crippen LogP contribution in [-0.2, 0) is 6.42 Å². The van der Waals surface area contributed by atoms with E-state index < -0.39 is 0 Å². The molecule has 1 aliphatic heterocycles. The Balaban J connectivity index is 1.97. The molecule has 94 valence electrons. The summed E-state index contributed by atoms with van der Waals surface area (Å²) in [7, 11) is 0. The summed E-state index contributed by atoms with van der Waals surface area (Å²) >= 11 is 0. The molecule has 1 aromatic rings. The molecule has 1 atom stereocenters. The van der Waals surface area contributed by atoms with Crippen LogP contribution in [0.4, 0.5) is 5.69 Å². The predicted molar refractivity (Wildman–Crippen MR) is 78.0 cm³/mol. The van der Waals surface area contributed by atoms with E-state index in [0.717, 1.165) is 6.42 Å². The number of hydrogen-bond donors (Lipinski definition) is 0. The third-order valence-corrected chi connectivity index (χ3v) is 4.06. The molecule has 0 fully saturated rings. The predicted octanol–water partition coefficient (Wildman–Crippen LogP) is 4.10. The summed E-state index contributed by atoms with van der Waals surface area (Å²) < 4.78 is 0. The normalized spacial score (nSPS) is 21.3. The number of nitrogens with zero attached hydrogens (tertiary/aromatic N) is 1. The van der Waals surface area contributed by atoms with Crippen molar-refractivity contribution in [2.75, 3.05) is 11.4 Å². The Bertz CT molecular complexity index is 484. The number of anilines is 1. The molecule has 1 unspecified atom stereocenters. The molecule has 1 aromatic carbocycles. The summed E-state index contributed by atoms with van der Waals surface area (Å²) in [5.74, 6) is 0. The van der Waals surface area contributed by atoms with Gasteiger partial charge in [-0.3, -0.25) is 0 Å². The van der Waals surface area contributed by atoms with Gasteiger partial charge in [-0.15, -0.1) is 0 Å². The van der Waals surface area contributed by atoms with Gasteiger partial charge in [-0.05, 0) is 36.5 Å². The molecule has 18 heavy (non-hydrogen) atoms. The summed E-state index contributed by atoms with van der Waals surface area (Å²) in [4.78, 5) is 2.62. The van der Waals surface area contributed by atoms with Crippen LogP contribution in [-0.4, -0.2) is 12.6 Å². The largest absolute Gasteiger partial charge is 0.364 e. The van der Waals surface area contributed by atoms with Gasteiger partial charge >= 0.3 is 0 Å². The molecule has 0 amide bonds. The van der Waals surface area contributed by atoms with Crippen LogP contribution in [0, 0.1) is 0 Å². The molecule has 0 N–H and O–H groups in total. The monoisotopic (exact) mass is 239 g/mol. The third kappa shape index (κ3) is 1.98. The molecule has 1 heterocycles. The van der Waals surface area contributed by atoms with Crippen molar-refractivity contribution in [1.29, 1.82) is 0 Å². The van der Waals surface area contributed by atoms with Crippen molar-refractivity contribution in [2.45, 2.75) is 38.6 Å². The fraction of sp³-hybridized carbons (Fsp3) is 0.412. The zero-order valence-electron chi connectivity index (χ0n) is 11.1. The van der Waals surface area contributed by atoms with Crippen molar-refractivity contribution < 1.29 is 0 Å². The zero-order valence-corrected chi connectivity index (χ0v) is 11.1. The van der Waals surface area contributed by atoms with E-state index in [1.54, 1.807) is 5.57 Å². The Labute approximate surface area is 110 Å². The second kappa shape index (κ2) is 5.01. The van der Waals surface area contributed by atoms with Gasteiger partial charge in [0.15, 0.2) is 0 Å². The first-order chi connectivity index (χ1) is 8.90. The number of hydrogen-bond acceptors (Lipinski definition) is 1. The lowest BCUT2D eigenvalue weighted by Crippen LogP contribution is -2.42. The van der Waals surface area contributed by atoms with E-state index in [1.165, 1.54) is 37.1 Å². The molecule has 1 heteroatoms. The first kappa shape index (κ1) is 11.6. The second-order valence-electron chi connectivity index (χ2n) is 5.27. The minimum atomic E-state index is 0.608. The molecule has 0 bridgehead atoms. The van der Waals surface area contributed by atoms with Crippen LogP contribution in [0.1, 0.15) is 31.7 Å². The maximum atomic E-state index is 2.62. The molecular formula is C17H21N. The van der Waals surface area contributed by atoms with E-state index in [-0.39, 0.29) is 0 Å². The van der Waals surface area contributed by atoms with Crippen molar-refractivity contribution >= 4 is 5.69 Å². The van der Waals surface area contributed by atoms with Gasteiger partial charge in [0.05, 0.1) is 6.04 Å². The van der Waals surface area contributed by atoms with Crippen LogP contribution in [0.15, 0.2) is 48.1 Å². The Morgan fingerprint density at radius 1 is 1.28 bits per heavy atom. The van der Waals surface area contributed by atoms with Crippen LogP contribution in [0.5, 0.6) is 0 Å². The zero-order chi connectivity index (χ0) is 12.4. The number of allylic oxidation sites excluding steroid dienone is 2. The summed E-state index contributed by atoms with van der Waals surface area (Å²) in [5.41, 5.74) is 4.54. The third-order valence-electron chi connectivity index (χ3n) is 4.06. The van der Waals surface area contributed by atoms with E-state index in [9.17, 15) is 0 Å². The van der Waals surface area contributed by atoms with E-state index >= 15 is 0 Å². The van der Waals surface area contributed by atoms with Gasteiger partial charge in [0.1, 0.15) is 0 Å². The first-order valence-corrected chi connectivity index (χ1v) is 7.10. The molecular weight excluding hydrogens is 218 g/mol. The van der Waals surface area contributed by atoms with E-state index in [4.69, 9.17) is 0 Å². The van der Waals surface area contributed by atoms with Crippen LogP contribution < -0.4 is 4.90 Å². The maximum absolute atomic E-state index is 2.62. The Morgan fingerprint density at radius 2 is 2.17 bits per heavy atom. The summed E-state index contributed by atoms with van der Waals surface area (Å²) in [6, 6.07) is 9.52. The standard InChI is InChI=1S/C17H21N/c1-2-3-12-18-16-10-6-4-8-14(16)13-15-9-5-7-11-17(15)18/h4-10,17H,2-3,11-13H2,1H3. The lowest BCUT2D eigenvalue weighted by Gasteiger charge is -2.41. The molecule has 1 aliphatic carbocycles. The number of para-hydroxylation sites is 1. The summed E-state index contributed by atoms with van der Waals surface area (Å²) in [6.07, 6.45) is 11.7. The number of unbranched alkanes of at least 4 members (excludes halogenated alkanes) is 1. The lowest BCUT2D eigenvalue weighted by atomic mass is 9.86. The second-order valence-corrected chi connectivity index (χ2v) is 5.27. The molecule has 0 saturated carbocycles. The Hall–Kier alpha value is -1.50. The van der Waals surface area contributed by atoms with Crippen LogP contribution >= 0.6 is 0 Å². The molecule has 3 rings (SSSR count). The average molecular weight is 239 g/mol. The SMILES string of the molecule is CCCCN1c2ccccc2CC2=CC=CCC21. The van der Waals surface area contributed by atoms with E-state index in [2.05, 4.69) is 54.3 Å². The fourth-order valence-corrected chi connectivity index (χ4v) is 3.10. The highest BCUT2D eigenvalue weighted by atomic mass is 15.2. The highest BCUT2D eigenvalue weighted by Crippen LogP contribution is 2.36. The summed E-state index contributed by atoms with van der Waals surface area (Å²) in [5, 5.41) is 0. The first-order valence-electron chi connectivity index (χ1n) is 7.10. The molecule has 0 aromatic heterocycles. The molecule has 1 nitrogen and oxygen atoms in total. The molecule has 0 radical (unpaired) electrons. The van der Waals surface area contributed by atoms with Crippen molar-refractivity contribution in [3.63, 3.8) is 0 Å². The van der Waals surface area contributed by atoms with Crippen molar-refractivity contribution in [3.05, 3.63) is 53.6 Å². The highest BCUT2D eigenvalue weighted by molar-refractivity contribution is 5.61. The van der Waals surface area contributed by atoms with Gasteiger partial charge in [0.2, 0.25) is 0 Å². The number of rotatable bonds is 3. The molecule has 0 spiro atoms. The van der Waals surface area contributed by atoms with Crippen molar-refractivity contribution in [2.24, 2.45) is 0 Å². The van der Waals surface area contributed by atoms with Crippen LogP contribution in [0.2, 0.25) is 0 Å². The number of fused-ring (bicyclic) bond motifs is 2. The lowest BCUT2D eigenvalue weighted by molar-refractivity contribution is 0.601. The fourth-order valence-electron chi connectivity index (χ4n) is 3.10.